The van der Waals surface area contributed by atoms with E-state index in [-0.39, 0.29) is 43.1 Å². The van der Waals surface area contributed by atoms with E-state index in [1.165, 1.54) is 0 Å². The van der Waals surface area contributed by atoms with E-state index in [2.05, 4.69) is 40.7 Å². The summed E-state index contributed by atoms with van der Waals surface area (Å²) in [4.78, 5) is 14.3. The van der Waals surface area contributed by atoms with Crippen LogP contribution >= 0.6 is 0 Å². The third-order valence-corrected chi connectivity index (χ3v) is 23.2. The normalized spacial score (nSPS) is 54.8. The monoisotopic (exact) mass is 1240 g/mol. The highest BCUT2D eigenvalue weighted by Crippen LogP contribution is 2.76. The second-order valence-corrected chi connectivity index (χ2v) is 28.0. The lowest BCUT2D eigenvalue weighted by Gasteiger charge is -2.72. The molecule has 5 heterocycles. The molecule has 4 saturated carbocycles. The van der Waals surface area contributed by atoms with E-state index in [1.807, 2.05) is 0 Å². The van der Waals surface area contributed by atoms with Gasteiger partial charge in [-0.05, 0) is 104 Å². The summed E-state index contributed by atoms with van der Waals surface area (Å²) in [5, 5.41) is 184. The summed E-state index contributed by atoms with van der Waals surface area (Å²) >= 11 is 0. The molecule has 28 nitrogen and oxygen atoms in total. The summed E-state index contributed by atoms with van der Waals surface area (Å²) in [6, 6.07) is 0. The lowest BCUT2D eigenvalue weighted by Crippen LogP contribution is -2.68. The molecule has 0 radical (unpaired) electrons. The van der Waals surface area contributed by atoms with Crippen molar-refractivity contribution < 1.29 is 139 Å². The number of allylic oxidation sites excluding steroid dienone is 2. The zero-order chi connectivity index (χ0) is 62.7. The first-order valence-corrected chi connectivity index (χ1v) is 30.4. The summed E-state index contributed by atoms with van der Waals surface area (Å²) in [6.45, 7) is 9.06. The molecule has 10 rings (SSSR count). The molecule has 0 bridgehead atoms. The Morgan fingerprint density at radius 2 is 1.09 bits per heavy atom. The van der Waals surface area contributed by atoms with Crippen LogP contribution in [0.4, 0.5) is 0 Å². The highest BCUT2D eigenvalue weighted by atomic mass is 16.8. The summed E-state index contributed by atoms with van der Waals surface area (Å²) < 4.78 is 60.0. The third-order valence-electron chi connectivity index (χ3n) is 23.2. The predicted octanol–water partition coefficient (Wildman–Crippen LogP) is -4.99. The van der Waals surface area contributed by atoms with Crippen LogP contribution in [-0.2, 0) is 52.2 Å². The van der Waals surface area contributed by atoms with E-state index in [9.17, 15) is 91.6 Å². The van der Waals surface area contributed by atoms with Crippen molar-refractivity contribution in [2.75, 3.05) is 39.6 Å². The maximum Gasteiger partial charge on any atom is 0.314 e. The van der Waals surface area contributed by atoms with Gasteiger partial charge >= 0.3 is 5.97 Å². The molecule has 0 aromatic carbocycles. The Labute approximate surface area is 498 Å². The first-order valence-electron chi connectivity index (χ1n) is 30.4. The number of ether oxygens (including phenoxy) is 10. The van der Waals surface area contributed by atoms with Crippen molar-refractivity contribution in [2.45, 2.75) is 253 Å². The fraction of sp³-hybridized carbons (Fsp3) is 0.948. The Hall–Kier alpha value is -1.83. The quantitative estimate of drug-likeness (QED) is 0.0440. The van der Waals surface area contributed by atoms with Gasteiger partial charge in [0.15, 0.2) is 25.2 Å². The molecule has 28 heteroatoms. The summed E-state index contributed by atoms with van der Waals surface area (Å²) in [6.07, 6.45) is -34.1. The maximum absolute atomic E-state index is 14.3. The van der Waals surface area contributed by atoms with E-state index >= 15 is 0 Å². The van der Waals surface area contributed by atoms with Gasteiger partial charge in [0.05, 0.1) is 57.3 Å². The maximum atomic E-state index is 14.3. The molecule has 0 aromatic heterocycles. The average Bonchev–Trinajstić information content (AvgIpc) is 0.722. The Morgan fingerprint density at radius 1 is 0.535 bits per heavy atom. The molecule has 5 aliphatic carbocycles. The number of aliphatic hydroxyl groups is 17. The van der Waals surface area contributed by atoms with E-state index in [1.54, 1.807) is 6.92 Å². The van der Waals surface area contributed by atoms with Crippen molar-refractivity contribution in [3.05, 3.63) is 11.6 Å². The number of hydrogen-bond donors (Lipinski definition) is 17. The Kier molecular flexibility index (Phi) is 19.4. The predicted molar refractivity (Wildman–Crippen MR) is 286 cm³/mol. The van der Waals surface area contributed by atoms with Gasteiger partial charge in [-0.1, -0.05) is 46.3 Å². The lowest BCUT2D eigenvalue weighted by molar-refractivity contribution is -0.392. The third kappa shape index (κ3) is 11.0. The van der Waals surface area contributed by atoms with Crippen molar-refractivity contribution in [3.8, 4) is 0 Å². The molecule has 33 atom stereocenters. The van der Waals surface area contributed by atoms with Gasteiger partial charge in [-0.25, -0.2) is 0 Å². The number of aliphatic hydroxyl groups excluding tert-OH is 17. The highest BCUT2D eigenvalue weighted by molar-refractivity contribution is 5.77. The van der Waals surface area contributed by atoms with Gasteiger partial charge < -0.3 is 134 Å². The Morgan fingerprint density at radius 3 is 1.72 bits per heavy atom. The van der Waals surface area contributed by atoms with E-state index in [0.29, 0.717) is 38.5 Å². The second kappa shape index (κ2) is 24.9. The lowest BCUT2D eigenvalue weighted by atomic mass is 9.33. The molecule has 9 fully saturated rings. The van der Waals surface area contributed by atoms with E-state index in [4.69, 9.17) is 47.4 Å². The van der Waals surface area contributed by atoms with Crippen LogP contribution in [0.25, 0.3) is 0 Å². The summed E-state index contributed by atoms with van der Waals surface area (Å²) in [7, 11) is 0. The molecule has 86 heavy (non-hydrogen) atoms. The van der Waals surface area contributed by atoms with Crippen LogP contribution < -0.4 is 0 Å². The molecule has 494 valence electrons. The zero-order valence-electron chi connectivity index (χ0n) is 49.4. The number of rotatable bonds is 14. The van der Waals surface area contributed by atoms with E-state index < -0.39 is 226 Å². The molecule has 17 N–H and O–H groups in total. The van der Waals surface area contributed by atoms with Crippen molar-refractivity contribution in [3.63, 3.8) is 0 Å². The smallest absolute Gasteiger partial charge is 0.314 e. The van der Waals surface area contributed by atoms with Crippen molar-refractivity contribution >= 4 is 5.97 Å². The molecule has 10 aliphatic rings. The van der Waals surface area contributed by atoms with Crippen molar-refractivity contribution in [2.24, 2.45) is 50.2 Å². The van der Waals surface area contributed by atoms with Gasteiger partial charge in [-0.15, -0.1) is 0 Å². The topological polar surface area (TPSA) is 453 Å². The molecule has 0 aromatic rings. The standard InChI is InChI=1S/C58H94O28/c1-53(2)30-9-12-56(5)31(8-7-23-24-15-54(3,13-14-58(24,22-62)32(64)16-57(23,56)6)52(76)86-49-44(75)40(71)36(67)27(18-60)80-49)55(30,4)11-10-33(53)83-50-45(85-48-43(74)39(70)35(66)26(17-59)79-48)38(69)29(21-78-50)82-51-46(41(72)37(68)28(19-61)81-51)84-47-42(73)34(65)25(63)20-77-47/h7,24-51,59-75H,8-22H2,1-6H3/t24-,25+,26+,27+,28+,29+,30-,31+,32+,33-,34-,35+,36+,37+,38+,39-,40-,41-,42+,43+,44+,45-,46+,47-,48+,49+,50+,51+,54-,55-,56+,57+,58+/m0/s1. The van der Waals surface area contributed by atoms with Gasteiger partial charge in [-0.2, -0.15) is 0 Å². The van der Waals surface area contributed by atoms with Crippen LogP contribution in [0.15, 0.2) is 11.6 Å². The minimum Gasteiger partial charge on any atom is -0.432 e. The summed E-state index contributed by atoms with van der Waals surface area (Å²) in [5.41, 5.74) is -3.20. The van der Waals surface area contributed by atoms with Gasteiger partial charge in [0.1, 0.15) is 110 Å². The fourth-order valence-corrected chi connectivity index (χ4v) is 17.5. The minimum absolute atomic E-state index is 0.0161. The van der Waals surface area contributed by atoms with Crippen LogP contribution in [-0.4, -0.2) is 286 Å². The number of fused-ring (bicyclic) bond motifs is 7. The van der Waals surface area contributed by atoms with Gasteiger partial charge in [0, 0.05) is 5.41 Å². The second-order valence-electron chi connectivity index (χ2n) is 28.0. The first kappa shape index (κ1) is 67.1. The molecular weight excluding hydrogens is 1140 g/mol. The van der Waals surface area contributed by atoms with Gasteiger partial charge in [0.2, 0.25) is 6.29 Å². The average molecular weight is 1240 g/mol. The van der Waals surface area contributed by atoms with Crippen LogP contribution in [0.1, 0.15) is 99.3 Å². The van der Waals surface area contributed by atoms with Crippen LogP contribution in [0.3, 0.4) is 0 Å². The Balaban J connectivity index is 0.891. The molecule has 0 unspecified atom stereocenters. The van der Waals surface area contributed by atoms with Crippen LogP contribution in [0.2, 0.25) is 0 Å². The SMILES string of the molecule is CC1(C)[C@@H](O[C@H]2OC[C@@H](O[C@H]3O[C@H](CO)[C@@H](O)[C@H](O)[C@H]3O[C@@H]3OC[C@@H](O)[C@H](O)[C@H]3O)[C@@H](O)[C@@H]2O[C@H]2O[C@H](CO)[C@@H](O)[C@H](O)[C@H]2O)CC[C@]2(C)[C@H]3CC=C4[C@@H]5C[C@@](C)(C(=O)O[C@H]6O[C@H](CO)[C@@H](O)[C@H](O)[C@H]6O)CC[C@]5(CO)[C@H](O)C[C@@]4(C)[C@]3(C)CC[C@@H]12. The molecule has 0 spiro atoms. The zero-order valence-corrected chi connectivity index (χ0v) is 49.4. The fourth-order valence-electron chi connectivity index (χ4n) is 17.5. The van der Waals surface area contributed by atoms with Crippen molar-refractivity contribution in [1.29, 1.82) is 0 Å². The van der Waals surface area contributed by atoms with Gasteiger partial charge in [0.25, 0.3) is 0 Å². The summed E-state index contributed by atoms with van der Waals surface area (Å²) in [5.74, 6) is -1.18. The number of carbonyl (C=O) groups is 1. The number of hydrogen-bond acceptors (Lipinski definition) is 28. The number of esters is 1. The molecule has 0 amide bonds. The molecule has 5 aliphatic heterocycles. The van der Waals surface area contributed by atoms with Crippen LogP contribution in [0.5, 0.6) is 0 Å². The number of carbonyl (C=O) groups excluding carboxylic acids is 1. The van der Waals surface area contributed by atoms with Crippen molar-refractivity contribution in [1.82, 2.24) is 0 Å². The molecule has 5 saturated heterocycles. The first-order chi connectivity index (χ1) is 40.4. The van der Waals surface area contributed by atoms with Gasteiger partial charge in [-0.3, -0.25) is 4.79 Å². The molecular formula is C58H94O28. The minimum atomic E-state index is -1.94. The largest absolute Gasteiger partial charge is 0.432 e. The van der Waals surface area contributed by atoms with Crippen LogP contribution in [0, 0.1) is 50.2 Å². The van der Waals surface area contributed by atoms with E-state index in [0.717, 1.165) is 5.57 Å². The highest BCUT2D eigenvalue weighted by Gasteiger charge is 2.71. The Bertz CT molecular complexity index is 2390.